The number of benzene rings is 1. The van der Waals surface area contributed by atoms with E-state index >= 15 is 0 Å². The zero-order valence-corrected chi connectivity index (χ0v) is 14.1. The highest BCUT2D eigenvalue weighted by molar-refractivity contribution is 7.08. The van der Waals surface area contributed by atoms with Crippen LogP contribution in [0.2, 0.25) is 5.02 Å². The van der Waals surface area contributed by atoms with Crippen molar-refractivity contribution in [1.82, 2.24) is 9.80 Å². The molecule has 0 N–H and O–H groups in total. The Morgan fingerprint density at radius 1 is 0.957 bits per heavy atom. The second-order valence-corrected chi connectivity index (χ2v) is 6.68. The van der Waals surface area contributed by atoms with Gasteiger partial charge in [-0.1, -0.05) is 17.7 Å². The minimum absolute atomic E-state index is 0.0302. The molecule has 0 bridgehead atoms. The Kier molecular flexibility index (Phi) is 4.98. The Balaban J connectivity index is 1.66. The van der Waals surface area contributed by atoms with Crippen molar-refractivity contribution in [3.8, 4) is 0 Å². The fourth-order valence-corrected chi connectivity index (χ4v) is 3.52. The summed E-state index contributed by atoms with van der Waals surface area (Å²) in [6.45, 7) is 2.43. The quantitative estimate of drug-likeness (QED) is 0.834. The Hall–Kier alpha value is -1.85. The van der Waals surface area contributed by atoms with Crippen LogP contribution in [-0.4, -0.2) is 47.8 Å². The molecule has 0 radical (unpaired) electrons. The second kappa shape index (κ2) is 7.15. The fourth-order valence-electron chi connectivity index (χ4n) is 2.70. The maximum atomic E-state index is 12.6. The van der Waals surface area contributed by atoms with E-state index in [1.54, 1.807) is 29.2 Å². The summed E-state index contributed by atoms with van der Waals surface area (Å²) in [5.74, 6) is 0.0145. The molecule has 1 aliphatic rings. The molecule has 6 heteroatoms. The molecule has 4 nitrogen and oxygen atoms in total. The van der Waals surface area contributed by atoms with Gasteiger partial charge < -0.3 is 9.80 Å². The van der Waals surface area contributed by atoms with Gasteiger partial charge in [0, 0.05) is 42.1 Å². The summed E-state index contributed by atoms with van der Waals surface area (Å²) in [5.41, 5.74) is 1.32. The van der Waals surface area contributed by atoms with Crippen LogP contribution in [0.3, 0.4) is 0 Å². The van der Waals surface area contributed by atoms with Crippen molar-refractivity contribution in [3.63, 3.8) is 0 Å². The first-order valence-corrected chi connectivity index (χ1v) is 8.83. The summed E-state index contributed by atoms with van der Waals surface area (Å²) in [4.78, 5) is 28.6. The number of nitrogens with zero attached hydrogens (tertiary/aromatic N) is 2. The predicted octanol–water partition coefficient (Wildman–Crippen LogP) is 3.39. The third-order valence-corrected chi connectivity index (χ3v) is 4.83. The minimum Gasteiger partial charge on any atom is -0.337 e. The molecule has 1 fully saturated rings. The van der Waals surface area contributed by atoms with Gasteiger partial charge in [-0.3, -0.25) is 9.59 Å². The highest BCUT2D eigenvalue weighted by atomic mass is 35.5. The Morgan fingerprint density at radius 3 is 2.26 bits per heavy atom. The molecule has 1 aromatic carbocycles. The Bertz CT molecular complexity index is 702. The first-order valence-electron chi connectivity index (χ1n) is 7.51. The molecule has 1 aromatic heterocycles. The van der Waals surface area contributed by atoms with Crippen LogP contribution < -0.4 is 0 Å². The van der Waals surface area contributed by atoms with E-state index < -0.39 is 0 Å². The zero-order valence-electron chi connectivity index (χ0n) is 12.6. The lowest BCUT2D eigenvalue weighted by molar-refractivity contribution is 0.0719. The molecule has 2 aromatic rings. The van der Waals surface area contributed by atoms with Gasteiger partial charge in [0.05, 0.1) is 5.56 Å². The van der Waals surface area contributed by atoms with Crippen LogP contribution in [0.4, 0.5) is 0 Å². The number of hydrogen-bond acceptors (Lipinski definition) is 3. The van der Waals surface area contributed by atoms with Crippen LogP contribution in [0.1, 0.15) is 27.1 Å². The van der Waals surface area contributed by atoms with Crippen LogP contribution >= 0.6 is 22.9 Å². The van der Waals surface area contributed by atoms with Crippen molar-refractivity contribution in [2.24, 2.45) is 0 Å². The van der Waals surface area contributed by atoms with E-state index in [-0.39, 0.29) is 11.8 Å². The van der Waals surface area contributed by atoms with Crippen LogP contribution in [0.5, 0.6) is 0 Å². The van der Waals surface area contributed by atoms with E-state index in [2.05, 4.69) is 0 Å². The number of carbonyl (C=O) groups excluding carboxylic acids is 2. The van der Waals surface area contributed by atoms with Gasteiger partial charge in [0.25, 0.3) is 11.8 Å². The van der Waals surface area contributed by atoms with Crippen molar-refractivity contribution < 1.29 is 9.59 Å². The van der Waals surface area contributed by atoms with Crippen LogP contribution in [0.25, 0.3) is 0 Å². The average Bonchev–Trinajstić information content (AvgIpc) is 2.98. The van der Waals surface area contributed by atoms with Gasteiger partial charge in [0.1, 0.15) is 0 Å². The zero-order chi connectivity index (χ0) is 16.2. The minimum atomic E-state index is -0.0302. The first kappa shape index (κ1) is 16.0. The van der Waals surface area contributed by atoms with Crippen molar-refractivity contribution in [3.05, 3.63) is 57.2 Å². The summed E-state index contributed by atoms with van der Waals surface area (Å²) in [5, 5.41) is 4.32. The molecule has 0 saturated carbocycles. The van der Waals surface area contributed by atoms with Gasteiger partial charge in [-0.15, -0.1) is 0 Å². The van der Waals surface area contributed by atoms with E-state index in [4.69, 9.17) is 11.6 Å². The van der Waals surface area contributed by atoms with E-state index in [1.807, 2.05) is 21.7 Å². The summed E-state index contributed by atoms with van der Waals surface area (Å²) in [7, 11) is 0. The SMILES string of the molecule is O=C(c1ccsc1)N1CCCN(C(=O)c2cccc(Cl)c2)CC1. The summed E-state index contributed by atoms with van der Waals surface area (Å²) in [6, 6.07) is 8.82. The monoisotopic (exact) mass is 348 g/mol. The van der Waals surface area contributed by atoms with Gasteiger partial charge in [-0.05, 0) is 36.1 Å². The summed E-state index contributed by atoms with van der Waals surface area (Å²) >= 11 is 7.48. The van der Waals surface area contributed by atoms with Crippen molar-refractivity contribution >= 4 is 34.8 Å². The molecule has 3 rings (SSSR count). The highest BCUT2D eigenvalue weighted by Gasteiger charge is 2.23. The first-order chi connectivity index (χ1) is 11.1. The van der Waals surface area contributed by atoms with Crippen molar-refractivity contribution in [2.45, 2.75) is 6.42 Å². The summed E-state index contributed by atoms with van der Waals surface area (Å²) < 4.78 is 0. The van der Waals surface area contributed by atoms with Gasteiger partial charge in [0.2, 0.25) is 0 Å². The molecule has 0 unspecified atom stereocenters. The molecule has 120 valence electrons. The molecule has 1 saturated heterocycles. The Morgan fingerprint density at radius 2 is 1.65 bits per heavy atom. The van der Waals surface area contributed by atoms with Gasteiger partial charge in [-0.25, -0.2) is 0 Å². The maximum Gasteiger partial charge on any atom is 0.254 e. The fraction of sp³-hybridized carbons (Fsp3) is 0.294. The van der Waals surface area contributed by atoms with Gasteiger partial charge in [0.15, 0.2) is 0 Å². The molecule has 0 aliphatic carbocycles. The normalized spacial score (nSPS) is 15.3. The van der Waals surface area contributed by atoms with Gasteiger partial charge in [-0.2, -0.15) is 11.3 Å². The average molecular weight is 349 g/mol. The van der Waals surface area contributed by atoms with E-state index in [0.717, 1.165) is 12.0 Å². The molecular weight excluding hydrogens is 332 g/mol. The van der Waals surface area contributed by atoms with E-state index in [1.165, 1.54) is 11.3 Å². The second-order valence-electron chi connectivity index (χ2n) is 5.46. The van der Waals surface area contributed by atoms with Crippen molar-refractivity contribution in [2.75, 3.05) is 26.2 Å². The lowest BCUT2D eigenvalue weighted by Gasteiger charge is -2.22. The molecular formula is C17H17ClN2O2S. The van der Waals surface area contributed by atoms with Crippen molar-refractivity contribution in [1.29, 1.82) is 0 Å². The smallest absolute Gasteiger partial charge is 0.254 e. The number of halogens is 1. The highest BCUT2D eigenvalue weighted by Crippen LogP contribution is 2.16. The topological polar surface area (TPSA) is 40.6 Å². The standard InChI is InChI=1S/C17H17ClN2O2S/c18-15-4-1-3-13(11-15)16(21)19-6-2-7-20(9-8-19)17(22)14-5-10-23-12-14/h1,3-5,10-12H,2,6-9H2. The van der Waals surface area contributed by atoms with Crippen LogP contribution in [-0.2, 0) is 0 Å². The number of amides is 2. The molecule has 1 aliphatic heterocycles. The number of rotatable bonds is 2. The number of hydrogen-bond donors (Lipinski definition) is 0. The largest absolute Gasteiger partial charge is 0.337 e. The van der Waals surface area contributed by atoms with Gasteiger partial charge >= 0.3 is 0 Å². The molecule has 0 atom stereocenters. The summed E-state index contributed by atoms with van der Waals surface area (Å²) in [6.07, 6.45) is 0.780. The van der Waals surface area contributed by atoms with E-state index in [0.29, 0.717) is 36.8 Å². The predicted molar refractivity (Wildman–Crippen MR) is 92.2 cm³/mol. The van der Waals surface area contributed by atoms with Crippen LogP contribution in [0, 0.1) is 0 Å². The molecule has 2 heterocycles. The number of thiophene rings is 1. The molecule has 23 heavy (non-hydrogen) atoms. The Labute approximate surface area is 144 Å². The lowest BCUT2D eigenvalue weighted by Crippen LogP contribution is -2.37. The third kappa shape index (κ3) is 3.74. The molecule has 2 amide bonds. The van der Waals surface area contributed by atoms with E-state index in [9.17, 15) is 9.59 Å². The molecule has 0 spiro atoms. The third-order valence-electron chi connectivity index (χ3n) is 3.91. The number of carbonyl (C=O) groups is 2. The van der Waals surface area contributed by atoms with Crippen LogP contribution in [0.15, 0.2) is 41.1 Å². The maximum absolute atomic E-state index is 12.6. The lowest BCUT2D eigenvalue weighted by atomic mass is 10.2.